The quantitative estimate of drug-likeness (QED) is 0.551. The van der Waals surface area contributed by atoms with Crippen molar-refractivity contribution < 1.29 is 4.79 Å². The molecule has 2 atom stereocenters. The molecule has 0 bridgehead atoms. The Morgan fingerprint density at radius 2 is 2.17 bits per heavy atom. The van der Waals surface area contributed by atoms with Crippen molar-refractivity contribution >= 4 is 6.29 Å². The minimum Gasteiger partial charge on any atom is -0.318 e. The Morgan fingerprint density at radius 1 is 1.50 bits per heavy atom. The Bertz CT molecular complexity index is 117. The van der Waals surface area contributed by atoms with Crippen molar-refractivity contribution in [3.63, 3.8) is 0 Å². The fourth-order valence-electron chi connectivity index (χ4n) is 1.09. The number of hydrogen-bond acceptors (Lipinski definition) is 3. The summed E-state index contributed by atoms with van der Waals surface area (Å²) in [5, 5.41) is 6.44. The molecule has 2 N–H and O–H groups in total. The molecule has 0 spiro atoms. The van der Waals surface area contributed by atoms with Gasteiger partial charge < -0.3 is 15.4 Å². The van der Waals surface area contributed by atoms with Gasteiger partial charge in [0, 0.05) is 25.0 Å². The van der Waals surface area contributed by atoms with Gasteiger partial charge in [-0.05, 0) is 20.4 Å². The molecule has 0 aromatic rings. The molecule has 0 aliphatic rings. The molecule has 3 nitrogen and oxygen atoms in total. The second-order valence-corrected chi connectivity index (χ2v) is 3.13. The first-order valence-electron chi connectivity index (χ1n) is 4.58. The van der Waals surface area contributed by atoms with Crippen LogP contribution in [-0.4, -0.2) is 32.0 Å². The van der Waals surface area contributed by atoms with Gasteiger partial charge in [0.05, 0.1) is 0 Å². The summed E-state index contributed by atoms with van der Waals surface area (Å²) in [7, 11) is 1.90. The number of rotatable bonds is 7. The normalized spacial score (nSPS) is 15.6. The van der Waals surface area contributed by atoms with Gasteiger partial charge in [-0.25, -0.2) is 0 Å². The molecule has 0 saturated heterocycles. The van der Waals surface area contributed by atoms with Crippen LogP contribution in [0.5, 0.6) is 0 Å². The predicted molar refractivity (Wildman–Crippen MR) is 51.3 cm³/mol. The SMILES string of the molecule is CCC(C)NC(CC=O)CNC. The fraction of sp³-hybridized carbons (Fsp3) is 0.889. The standard InChI is InChI=1S/C9H20N2O/c1-4-8(2)11-9(5-6-12)7-10-3/h6,8-11H,4-5,7H2,1-3H3. The second kappa shape index (κ2) is 7.25. The van der Waals surface area contributed by atoms with E-state index in [0.29, 0.717) is 12.5 Å². The van der Waals surface area contributed by atoms with Crippen molar-refractivity contribution in [1.29, 1.82) is 0 Å². The van der Waals surface area contributed by atoms with E-state index >= 15 is 0 Å². The maximum atomic E-state index is 10.3. The first-order valence-corrected chi connectivity index (χ1v) is 4.58. The van der Waals surface area contributed by atoms with Crippen LogP contribution in [0.1, 0.15) is 26.7 Å². The van der Waals surface area contributed by atoms with E-state index in [9.17, 15) is 4.79 Å². The maximum Gasteiger partial charge on any atom is 0.121 e. The van der Waals surface area contributed by atoms with Gasteiger partial charge in [-0.2, -0.15) is 0 Å². The Kier molecular flexibility index (Phi) is 7.00. The van der Waals surface area contributed by atoms with E-state index < -0.39 is 0 Å². The van der Waals surface area contributed by atoms with E-state index in [1.165, 1.54) is 0 Å². The molecule has 0 heterocycles. The molecule has 0 aliphatic heterocycles. The minimum absolute atomic E-state index is 0.280. The third-order valence-electron chi connectivity index (χ3n) is 1.96. The van der Waals surface area contributed by atoms with Gasteiger partial charge in [0.1, 0.15) is 6.29 Å². The van der Waals surface area contributed by atoms with Crippen molar-refractivity contribution in [2.75, 3.05) is 13.6 Å². The lowest BCUT2D eigenvalue weighted by molar-refractivity contribution is -0.108. The van der Waals surface area contributed by atoms with Crippen LogP contribution >= 0.6 is 0 Å². The first-order chi connectivity index (χ1) is 5.74. The highest BCUT2D eigenvalue weighted by Gasteiger charge is 2.08. The summed E-state index contributed by atoms with van der Waals surface area (Å²) in [4.78, 5) is 10.3. The third kappa shape index (κ3) is 5.27. The zero-order valence-electron chi connectivity index (χ0n) is 8.26. The largest absolute Gasteiger partial charge is 0.318 e. The molecule has 0 saturated carbocycles. The Labute approximate surface area is 74.9 Å². The van der Waals surface area contributed by atoms with Gasteiger partial charge in [-0.15, -0.1) is 0 Å². The lowest BCUT2D eigenvalue weighted by Gasteiger charge is -2.20. The van der Waals surface area contributed by atoms with Crippen molar-refractivity contribution in [2.24, 2.45) is 0 Å². The molecule has 0 rings (SSSR count). The Balaban J connectivity index is 3.68. The van der Waals surface area contributed by atoms with E-state index in [1.807, 2.05) is 7.05 Å². The number of likely N-dealkylation sites (N-methyl/N-ethyl adjacent to an activating group) is 1. The van der Waals surface area contributed by atoms with Gasteiger partial charge in [0.2, 0.25) is 0 Å². The molecule has 0 radical (unpaired) electrons. The number of aldehydes is 1. The number of hydrogen-bond donors (Lipinski definition) is 2. The van der Waals surface area contributed by atoms with E-state index in [-0.39, 0.29) is 6.04 Å². The van der Waals surface area contributed by atoms with Gasteiger partial charge in [0.25, 0.3) is 0 Å². The maximum absolute atomic E-state index is 10.3. The molecule has 72 valence electrons. The van der Waals surface area contributed by atoms with Crippen LogP contribution in [0.4, 0.5) is 0 Å². The molecular formula is C9H20N2O. The molecule has 12 heavy (non-hydrogen) atoms. The Morgan fingerprint density at radius 3 is 2.58 bits per heavy atom. The summed E-state index contributed by atoms with van der Waals surface area (Å²) < 4.78 is 0. The molecule has 3 heteroatoms. The van der Waals surface area contributed by atoms with Crippen LogP contribution in [0.2, 0.25) is 0 Å². The average Bonchev–Trinajstić information content (AvgIpc) is 2.05. The number of nitrogens with one attached hydrogen (secondary N) is 2. The molecule has 0 aliphatic carbocycles. The predicted octanol–water partition coefficient (Wildman–Crippen LogP) is 0.551. The van der Waals surface area contributed by atoms with Gasteiger partial charge in [-0.1, -0.05) is 6.92 Å². The fourth-order valence-corrected chi connectivity index (χ4v) is 1.09. The Hall–Kier alpha value is -0.410. The molecule has 0 amide bonds. The minimum atomic E-state index is 0.280. The highest BCUT2D eigenvalue weighted by Crippen LogP contribution is 1.94. The lowest BCUT2D eigenvalue weighted by atomic mass is 10.1. The van der Waals surface area contributed by atoms with Crippen LogP contribution in [0.3, 0.4) is 0 Å². The zero-order valence-corrected chi connectivity index (χ0v) is 8.26. The highest BCUT2D eigenvalue weighted by molar-refractivity contribution is 5.50. The smallest absolute Gasteiger partial charge is 0.121 e. The zero-order chi connectivity index (χ0) is 9.40. The topological polar surface area (TPSA) is 41.1 Å². The molecular weight excluding hydrogens is 152 g/mol. The van der Waals surface area contributed by atoms with Crippen LogP contribution in [0.15, 0.2) is 0 Å². The summed E-state index contributed by atoms with van der Waals surface area (Å²) in [5.74, 6) is 0. The number of carbonyl (C=O) groups excluding carboxylic acids is 1. The van der Waals surface area contributed by atoms with Gasteiger partial charge in [0.15, 0.2) is 0 Å². The molecule has 2 unspecified atom stereocenters. The molecule has 0 aromatic carbocycles. The van der Waals surface area contributed by atoms with Crippen molar-refractivity contribution in [3.8, 4) is 0 Å². The van der Waals surface area contributed by atoms with Crippen molar-refractivity contribution in [1.82, 2.24) is 10.6 Å². The van der Waals surface area contributed by atoms with E-state index in [4.69, 9.17) is 0 Å². The summed E-state index contributed by atoms with van der Waals surface area (Å²) in [5.41, 5.74) is 0. The summed E-state index contributed by atoms with van der Waals surface area (Å²) in [6, 6.07) is 0.769. The van der Waals surface area contributed by atoms with E-state index in [0.717, 1.165) is 19.3 Å². The lowest BCUT2D eigenvalue weighted by Crippen LogP contribution is -2.42. The second-order valence-electron chi connectivity index (χ2n) is 3.13. The van der Waals surface area contributed by atoms with Crippen molar-refractivity contribution in [3.05, 3.63) is 0 Å². The van der Waals surface area contributed by atoms with Crippen LogP contribution in [0.25, 0.3) is 0 Å². The molecule has 0 aromatic heterocycles. The van der Waals surface area contributed by atoms with Crippen LogP contribution in [0, 0.1) is 0 Å². The van der Waals surface area contributed by atoms with Crippen LogP contribution in [-0.2, 0) is 4.79 Å². The molecule has 0 fully saturated rings. The van der Waals surface area contributed by atoms with E-state index in [1.54, 1.807) is 0 Å². The number of carbonyl (C=O) groups is 1. The van der Waals surface area contributed by atoms with Crippen LogP contribution < -0.4 is 10.6 Å². The summed E-state index contributed by atoms with van der Waals surface area (Å²) in [6.07, 6.45) is 2.65. The van der Waals surface area contributed by atoms with Gasteiger partial charge >= 0.3 is 0 Å². The summed E-state index contributed by atoms with van der Waals surface area (Å²) >= 11 is 0. The van der Waals surface area contributed by atoms with E-state index in [2.05, 4.69) is 24.5 Å². The first kappa shape index (κ1) is 11.6. The average molecular weight is 172 g/mol. The highest BCUT2D eigenvalue weighted by atomic mass is 16.1. The monoisotopic (exact) mass is 172 g/mol. The van der Waals surface area contributed by atoms with Gasteiger partial charge in [-0.3, -0.25) is 0 Å². The third-order valence-corrected chi connectivity index (χ3v) is 1.96. The summed E-state index contributed by atoms with van der Waals surface area (Å²) in [6.45, 7) is 5.12. The van der Waals surface area contributed by atoms with Crippen molar-refractivity contribution in [2.45, 2.75) is 38.8 Å².